The fourth-order valence-corrected chi connectivity index (χ4v) is 5.04. The number of piperazine rings is 1. The summed E-state index contributed by atoms with van der Waals surface area (Å²) in [4.78, 5) is 34.0. The average Bonchev–Trinajstić information content (AvgIpc) is 3.24. The highest BCUT2D eigenvalue weighted by molar-refractivity contribution is 6.34. The van der Waals surface area contributed by atoms with Gasteiger partial charge >= 0.3 is 6.09 Å². The van der Waals surface area contributed by atoms with E-state index < -0.39 is 6.09 Å². The number of ether oxygens (including phenoxy) is 1. The summed E-state index contributed by atoms with van der Waals surface area (Å²) in [5.74, 6) is 0.324. The van der Waals surface area contributed by atoms with E-state index in [9.17, 15) is 20.0 Å². The molecule has 3 heterocycles. The van der Waals surface area contributed by atoms with E-state index in [1.165, 1.54) is 4.90 Å². The Labute approximate surface area is 217 Å². The SMILES string of the molecule is CN(C)/C=N/c1oc2cccc(-c3cc4c(cc3Cl)C(=O)N3CCN(C(=O)O)C[C@@H]3CCO4)c2c1C#N. The van der Waals surface area contributed by atoms with Gasteiger partial charge in [-0.3, -0.25) is 4.79 Å². The van der Waals surface area contributed by atoms with Crippen LogP contribution in [0.1, 0.15) is 22.3 Å². The number of carbonyl (C=O) groups is 2. The predicted molar refractivity (Wildman–Crippen MR) is 138 cm³/mol. The van der Waals surface area contributed by atoms with Crippen LogP contribution in [0.4, 0.5) is 10.7 Å². The lowest BCUT2D eigenvalue weighted by Gasteiger charge is -2.41. The van der Waals surface area contributed by atoms with E-state index in [1.807, 2.05) is 20.2 Å². The highest BCUT2D eigenvalue weighted by Crippen LogP contribution is 2.43. The molecule has 0 saturated carbocycles. The van der Waals surface area contributed by atoms with Crippen molar-refractivity contribution in [2.75, 3.05) is 40.3 Å². The number of carbonyl (C=O) groups excluding carboxylic acids is 1. The first kappa shape index (κ1) is 24.5. The highest BCUT2D eigenvalue weighted by Gasteiger charge is 2.36. The Morgan fingerprint density at radius 2 is 2.08 bits per heavy atom. The van der Waals surface area contributed by atoms with Crippen LogP contribution < -0.4 is 4.74 Å². The highest BCUT2D eigenvalue weighted by atomic mass is 35.5. The topological polar surface area (TPSA) is 123 Å². The third-order valence-corrected chi connectivity index (χ3v) is 6.84. The molecule has 1 aromatic heterocycles. The average molecular weight is 522 g/mol. The van der Waals surface area contributed by atoms with Crippen LogP contribution in [0.25, 0.3) is 22.1 Å². The molecule has 1 N–H and O–H groups in total. The fourth-order valence-electron chi connectivity index (χ4n) is 4.77. The molecule has 2 aromatic carbocycles. The first-order chi connectivity index (χ1) is 17.8. The lowest BCUT2D eigenvalue weighted by atomic mass is 9.96. The maximum absolute atomic E-state index is 13.5. The maximum atomic E-state index is 13.5. The van der Waals surface area contributed by atoms with Gasteiger partial charge in [-0.05, 0) is 23.8 Å². The van der Waals surface area contributed by atoms with Crippen molar-refractivity contribution in [2.45, 2.75) is 12.5 Å². The number of nitriles is 1. The zero-order valence-electron chi connectivity index (χ0n) is 20.3. The number of furan rings is 1. The second-order valence-corrected chi connectivity index (χ2v) is 9.53. The van der Waals surface area contributed by atoms with E-state index in [-0.39, 0.29) is 36.5 Å². The van der Waals surface area contributed by atoms with Crippen LogP contribution in [0.5, 0.6) is 5.75 Å². The van der Waals surface area contributed by atoms with Crippen LogP contribution in [0, 0.1) is 11.3 Å². The summed E-state index contributed by atoms with van der Waals surface area (Å²) in [5.41, 5.74) is 2.33. The van der Waals surface area contributed by atoms with Gasteiger partial charge in [-0.15, -0.1) is 0 Å². The van der Waals surface area contributed by atoms with Gasteiger partial charge < -0.3 is 29.0 Å². The quantitative estimate of drug-likeness (QED) is 0.399. The van der Waals surface area contributed by atoms with Gasteiger partial charge in [-0.2, -0.15) is 5.26 Å². The van der Waals surface area contributed by atoms with Crippen LogP contribution in [0.15, 0.2) is 39.7 Å². The number of amides is 2. The van der Waals surface area contributed by atoms with Crippen molar-refractivity contribution in [3.05, 3.63) is 46.5 Å². The molecule has 0 radical (unpaired) electrons. The summed E-state index contributed by atoms with van der Waals surface area (Å²) in [6, 6.07) is 10.6. The molecule has 1 atom stereocenters. The smallest absolute Gasteiger partial charge is 0.407 e. The van der Waals surface area contributed by atoms with Crippen molar-refractivity contribution in [1.29, 1.82) is 5.26 Å². The zero-order chi connectivity index (χ0) is 26.3. The van der Waals surface area contributed by atoms with Crippen molar-refractivity contribution in [2.24, 2.45) is 4.99 Å². The van der Waals surface area contributed by atoms with Crippen LogP contribution in [-0.2, 0) is 0 Å². The molecule has 1 saturated heterocycles. The largest absolute Gasteiger partial charge is 0.493 e. The van der Waals surface area contributed by atoms with Gasteiger partial charge in [0.05, 0.1) is 24.6 Å². The Bertz CT molecular complexity index is 1470. The summed E-state index contributed by atoms with van der Waals surface area (Å²) in [5, 5.41) is 20.2. The Hall–Kier alpha value is -4.23. The Morgan fingerprint density at radius 1 is 1.27 bits per heavy atom. The van der Waals surface area contributed by atoms with Gasteiger partial charge in [0.2, 0.25) is 5.88 Å². The van der Waals surface area contributed by atoms with E-state index in [1.54, 1.807) is 40.4 Å². The molecule has 0 spiro atoms. The second kappa shape index (κ2) is 9.67. The van der Waals surface area contributed by atoms with Crippen molar-refractivity contribution >= 4 is 46.8 Å². The molecule has 10 nitrogen and oxygen atoms in total. The minimum atomic E-state index is -0.996. The number of hydrogen-bond acceptors (Lipinski definition) is 6. The van der Waals surface area contributed by atoms with Gasteiger partial charge in [0.1, 0.15) is 23.0 Å². The molecule has 0 bridgehead atoms. The van der Waals surface area contributed by atoms with E-state index in [0.29, 0.717) is 58.0 Å². The number of nitrogens with zero attached hydrogens (tertiary/aromatic N) is 5. The number of hydrogen-bond donors (Lipinski definition) is 1. The molecule has 0 unspecified atom stereocenters. The molecule has 37 heavy (non-hydrogen) atoms. The van der Waals surface area contributed by atoms with Crippen molar-refractivity contribution < 1.29 is 23.8 Å². The minimum Gasteiger partial charge on any atom is -0.493 e. The number of carboxylic acid groups (broad SMARTS) is 1. The molecular weight excluding hydrogens is 498 g/mol. The summed E-state index contributed by atoms with van der Waals surface area (Å²) < 4.78 is 11.9. The standard InChI is InChI=1S/C26H24ClN5O5/c1-30(2)14-29-24-19(12-28)23-16(4-3-5-21(23)37-24)17-11-22-18(10-20(17)27)25(33)32-8-7-31(26(34)35)13-15(32)6-9-36-22/h3-5,10-11,14-15H,6-9,13H2,1-2H3,(H,34,35)/b29-14+/t15-/m0/s1. The van der Waals surface area contributed by atoms with Gasteiger partial charge in [0.15, 0.2) is 0 Å². The molecule has 5 rings (SSSR count). The van der Waals surface area contributed by atoms with Crippen LogP contribution in [-0.4, -0.2) is 84.5 Å². The van der Waals surface area contributed by atoms with E-state index in [4.69, 9.17) is 20.8 Å². The molecule has 2 aliphatic rings. The number of aliphatic imine (C=N–C) groups is 1. The summed E-state index contributed by atoms with van der Waals surface area (Å²) in [6.07, 6.45) is 1.05. The molecule has 2 aliphatic heterocycles. The lowest BCUT2D eigenvalue weighted by Crippen LogP contribution is -2.57. The van der Waals surface area contributed by atoms with E-state index in [0.717, 1.165) is 0 Å². The molecule has 2 amide bonds. The van der Waals surface area contributed by atoms with Gasteiger partial charge in [0, 0.05) is 56.1 Å². The number of rotatable bonds is 3. The van der Waals surface area contributed by atoms with Crippen LogP contribution in [0.3, 0.4) is 0 Å². The number of halogens is 1. The van der Waals surface area contributed by atoms with Gasteiger partial charge in [-0.1, -0.05) is 23.7 Å². The Kier molecular flexibility index (Phi) is 6.39. The van der Waals surface area contributed by atoms with Crippen LogP contribution >= 0.6 is 11.6 Å². The minimum absolute atomic E-state index is 0.194. The first-order valence-electron chi connectivity index (χ1n) is 11.7. The molecule has 11 heteroatoms. The van der Waals surface area contributed by atoms with E-state index >= 15 is 0 Å². The molecule has 190 valence electrons. The number of benzene rings is 2. The van der Waals surface area contributed by atoms with Gasteiger partial charge in [-0.25, -0.2) is 9.79 Å². The summed E-state index contributed by atoms with van der Waals surface area (Å²) in [7, 11) is 3.63. The zero-order valence-corrected chi connectivity index (χ0v) is 21.0. The first-order valence-corrected chi connectivity index (χ1v) is 12.1. The Morgan fingerprint density at radius 3 is 2.81 bits per heavy atom. The lowest BCUT2D eigenvalue weighted by molar-refractivity contribution is 0.0374. The third kappa shape index (κ3) is 4.42. The number of fused-ring (bicyclic) bond motifs is 3. The predicted octanol–water partition coefficient (Wildman–Crippen LogP) is 4.43. The Balaban J connectivity index is 1.58. The fraction of sp³-hybridized carbons (Fsp3) is 0.308. The monoisotopic (exact) mass is 521 g/mol. The summed E-state index contributed by atoms with van der Waals surface area (Å²) in [6.45, 7) is 1.09. The maximum Gasteiger partial charge on any atom is 0.407 e. The van der Waals surface area contributed by atoms with Gasteiger partial charge in [0.25, 0.3) is 5.91 Å². The second-order valence-electron chi connectivity index (χ2n) is 9.13. The molecule has 3 aromatic rings. The normalized spacial score (nSPS) is 17.6. The van der Waals surface area contributed by atoms with Crippen molar-refractivity contribution in [3.63, 3.8) is 0 Å². The van der Waals surface area contributed by atoms with Crippen LogP contribution in [0.2, 0.25) is 5.02 Å². The van der Waals surface area contributed by atoms with Crippen molar-refractivity contribution in [3.8, 4) is 22.9 Å². The third-order valence-electron chi connectivity index (χ3n) is 6.53. The van der Waals surface area contributed by atoms with Crippen molar-refractivity contribution in [1.82, 2.24) is 14.7 Å². The molecular formula is C26H24ClN5O5. The molecule has 1 fully saturated rings. The van der Waals surface area contributed by atoms with E-state index in [2.05, 4.69) is 11.1 Å². The molecule has 0 aliphatic carbocycles. The summed E-state index contributed by atoms with van der Waals surface area (Å²) >= 11 is 6.74.